The third-order valence-electron chi connectivity index (χ3n) is 5.54. The van der Waals surface area contributed by atoms with Gasteiger partial charge in [-0.2, -0.15) is 0 Å². The molecular weight excluding hydrogens is 454 g/mol. The quantitative estimate of drug-likeness (QED) is 0.493. The highest BCUT2D eigenvalue weighted by molar-refractivity contribution is 7.92. The van der Waals surface area contributed by atoms with E-state index < -0.39 is 10.0 Å². The van der Waals surface area contributed by atoms with E-state index in [2.05, 4.69) is 17.2 Å². The van der Waals surface area contributed by atoms with Gasteiger partial charge in [-0.25, -0.2) is 8.42 Å². The van der Waals surface area contributed by atoms with Crippen LogP contribution < -0.4 is 14.9 Å². The molecule has 9 nitrogen and oxygen atoms in total. The Morgan fingerprint density at radius 2 is 1.59 bits per heavy atom. The maximum absolute atomic E-state index is 13.0. The molecule has 1 saturated heterocycles. The number of rotatable bonds is 10. The maximum atomic E-state index is 13.0. The summed E-state index contributed by atoms with van der Waals surface area (Å²) in [4.78, 5) is 28.6. The van der Waals surface area contributed by atoms with Gasteiger partial charge in [0.15, 0.2) is 0 Å². The number of anilines is 2. The first-order chi connectivity index (χ1) is 16.3. The number of piperazine rings is 1. The zero-order chi connectivity index (χ0) is 24.6. The van der Waals surface area contributed by atoms with Crippen LogP contribution in [-0.4, -0.2) is 82.9 Å². The Morgan fingerprint density at radius 1 is 0.971 bits per heavy atom. The van der Waals surface area contributed by atoms with Gasteiger partial charge in [-0.05, 0) is 30.3 Å². The summed E-state index contributed by atoms with van der Waals surface area (Å²) in [6, 6.07) is 15.1. The third kappa shape index (κ3) is 6.89. The standard InChI is InChI=1S/C24H31N5O4S/c1-3-12-25-23(30)18-28-13-15-29(16-14-28)19-24(31)26-20-8-7-11-22(17-20)34(32,33)27(2)21-9-5-4-6-10-21/h3-11,17H,1,12-16,18-19H2,2H3,(H,25,30)(H,26,31). The van der Waals surface area contributed by atoms with Gasteiger partial charge in [0, 0.05) is 45.5 Å². The molecule has 0 spiro atoms. The largest absolute Gasteiger partial charge is 0.352 e. The minimum absolute atomic E-state index is 0.0427. The van der Waals surface area contributed by atoms with Crippen molar-refractivity contribution in [3.8, 4) is 0 Å². The Hall–Kier alpha value is -3.21. The van der Waals surface area contributed by atoms with Crippen LogP contribution in [0.1, 0.15) is 0 Å². The van der Waals surface area contributed by atoms with Crippen LogP contribution in [-0.2, 0) is 19.6 Å². The fraction of sp³-hybridized carbons (Fsp3) is 0.333. The number of amides is 2. The molecule has 0 bridgehead atoms. The van der Waals surface area contributed by atoms with E-state index >= 15 is 0 Å². The van der Waals surface area contributed by atoms with E-state index in [9.17, 15) is 18.0 Å². The topological polar surface area (TPSA) is 102 Å². The summed E-state index contributed by atoms with van der Waals surface area (Å²) in [5.74, 6) is -0.262. The maximum Gasteiger partial charge on any atom is 0.264 e. The summed E-state index contributed by atoms with van der Waals surface area (Å²) in [5.41, 5.74) is 0.972. The third-order valence-corrected chi connectivity index (χ3v) is 7.32. The molecule has 0 atom stereocenters. The van der Waals surface area contributed by atoms with E-state index in [1.165, 1.54) is 23.5 Å². The van der Waals surface area contributed by atoms with Crippen LogP contribution >= 0.6 is 0 Å². The van der Waals surface area contributed by atoms with Crippen LogP contribution in [0.3, 0.4) is 0 Å². The summed E-state index contributed by atoms with van der Waals surface area (Å²) in [6.45, 7) is 7.25. The Labute approximate surface area is 201 Å². The normalized spacial score (nSPS) is 14.9. The van der Waals surface area contributed by atoms with Gasteiger partial charge in [0.25, 0.3) is 10.0 Å². The molecule has 1 heterocycles. The molecule has 182 valence electrons. The molecule has 1 aliphatic heterocycles. The Bertz CT molecular complexity index is 1100. The van der Waals surface area contributed by atoms with Gasteiger partial charge < -0.3 is 10.6 Å². The predicted octanol–water partition coefficient (Wildman–Crippen LogP) is 1.37. The van der Waals surface area contributed by atoms with Crippen LogP contribution in [0.15, 0.2) is 72.1 Å². The first kappa shape index (κ1) is 25.4. The minimum atomic E-state index is -3.77. The highest BCUT2D eigenvalue weighted by Gasteiger charge is 2.23. The van der Waals surface area contributed by atoms with Crippen molar-refractivity contribution >= 4 is 33.2 Å². The molecule has 0 unspecified atom stereocenters. The molecular formula is C24H31N5O4S. The number of carbonyl (C=O) groups is 2. The summed E-state index contributed by atoms with van der Waals surface area (Å²) >= 11 is 0. The molecule has 2 aromatic carbocycles. The fourth-order valence-corrected chi connectivity index (χ4v) is 4.87. The number of nitrogens with zero attached hydrogens (tertiary/aromatic N) is 3. The average molecular weight is 486 g/mol. The predicted molar refractivity (Wildman–Crippen MR) is 133 cm³/mol. The summed E-state index contributed by atoms with van der Waals surface area (Å²) in [7, 11) is -2.27. The van der Waals surface area contributed by atoms with Crippen molar-refractivity contribution in [2.75, 3.05) is 62.5 Å². The molecule has 3 rings (SSSR count). The number of carbonyl (C=O) groups excluding carboxylic acids is 2. The fourth-order valence-electron chi connectivity index (χ4n) is 3.62. The molecule has 2 N–H and O–H groups in total. The van der Waals surface area contributed by atoms with E-state index in [0.29, 0.717) is 50.6 Å². The monoisotopic (exact) mass is 485 g/mol. The van der Waals surface area contributed by atoms with E-state index in [1.54, 1.807) is 42.5 Å². The van der Waals surface area contributed by atoms with E-state index in [4.69, 9.17) is 0 Å². The average Bonchev–Trinajstić information content (AvgIpc) is 2.84. The molecule has 0 aliphatic carbocycles. The molecule has 2 aromatic rings. The van der Waals surface area contributed by atoms with Crippen molar-refractivity contribution in [3.05, 3.63) is 67.3 Å². The van der Waals surface area contributed by atoms with Crippen LogP contribution in [0.4, 0.5) is 11.4 Å². The molecule has 1 fully saturated rings. The number of hydrogen-bond donors (Lipinski definition) is 2. The van der Waals surface area contributed by atoms with Crippen molar-refractivity contribution in [3.63, 3.8) is 0 Å². The molecule has 34 heavy (non-hydrogen) atoms. The smallest absolute Gasteiger partial charge is 0.264 e. The van der Waals surface area contributed by atoms with Gasteiger partial charge in [-0.1, -0.05) is 30.3 Å². The van der Waals surface area contributed by atoms with Gasteiger partial charge in [0.2, 0.25) is 11.8 Å². The minimum Gasteiger partial charge on any atom is -0.352 e. The number of sulfonamides is 1. The van der Waals surface area contributed by atoms with Gasteiger partial charge in [-0.3, -0.25) is 23.7 Å². The van der Waals surface area contributed by atoms with Crippen LogP contribution in [0.2, 0.25) is 0 Å². The first-order valence-corrected chi connectivity index (χ1v) is 12.5. The van der Waals surface area contributed by atoms with Gasteiger partial charge in [0.1, 0.15) is 0 Å². The van der Waals surface area contributed by atoms with Crippen LogP contribution in [0.25, 0.3) is 0 Å². The van der Waals surface area contributed by atoms with Crippen molar-refractivity contribution in [2.24, 2.45) is 0 Å². The Kier molecular flexibility index (Phi) is 8.80. The highest BCUT2D eigenvalue weighted by atomic mass is 32.2. The first-order valence-electron chi connectivity index (χ1n) is 11.1. The van der Waals surface area contributed by atoms with Gasteiger partial charge >= 0.3 is 0 Å². The second-order valence-electron chi connectivity index (χ2n) is 8.03. The van der Waals surface area contributed by atoms with E-state index in [-0.39, 0.29) is 23.3 Å². The molecule has 2 amide bonds. The number of para-hydroxylation sites is 1. The molecule has 1 aliphatic rings. The molecule has 0 saturated carbocycles. The summed E-state index contributed by atoms with van der Waals surface area (Å²) in [6.07, 6.45) is 1.64. The van der Waals surface area contributed by atoms with Gasteiger partial charge in [-0.15, -0.1) is 6.58 Å². The highest BCUT2D eigenvalue weighted by Crippen LogP contribution is 2.23. The second-order valence-corrected chi connectivity index (χ2v) is 10.00. The number of nitrogens with one attached hydrogen (secondary N) is 2. The zero-order valence-corrected chi connectivity index (χ0v) is 20.1. The lowest BCUT2D eigenvalue weighted by Crippen LogP contribution is -2.51. The lowest BCUT2D eigenvalue weighted by molar-refractivity contribution is -0.123. The van der Waals surface area contributed by atoms with Crippen molar-refractivity contribution in [2.45, 2.75) is 4.90 Å². The van der Waals surface area contributed by atoms with Crippen molar-refractivity contribution < 1.29 is 18.0 Å². The second kappa shape index (κ2) is 11.8. The molecule has 0 aromatic heterocycles. The van der Waals surface area contributed by atoms with E-state index in [0.717, 1.165) is 0 Å². The van der Waals surface area contributed by atoms with Crippen LogP contribution in [0, 0.1) is 0 Å². The zero-order valence-electron chi connectivity index (χ0n) is 19.3. The summed E-state index contributed by atoms with van der Waals surface area (Å²) < 4.78 is 27.3. The van der Waals surface area contributed by atoms with Crippen LogP contribution in [0.5, 0.6) is 0 Å². The van der Waals surface area contributed by atoms with Gasteiger partial charge in [0.05, 0.1) is 23.7 Å². The lowest BCUT2D eigenvalue weighted by Gasteiger charge is -2.33. The van der Waals surface area contributed by atoms with Crippen molar-refractivity contribution in [1.82, 2.24) is 15.1 Å². The summed E-state index contributed by atoms with van der Waals surface area (Å²) in [5, 5.41) is 5.56. The SMILES string of the molecule is C=CCNC(=O)CN1CCN(CC(=O)Nc2cccc(S(=O)(=O)N(C)c3ccccc3)c2)CC1. The molecule has 10 heteroatoms. The number of hydrogen-bond acceptors (Lipinski definition) is 6. The number of benzene rings is 2. The van der Waals surface area contributed by atoms with Crippen molar-refractivity contribution in [1.29, 1.82) is 0 Å². The lowest BCUT2D eigenvalue weighted by atomic mass is 10.3. The molecule has 0 radical (unpaired) electrons. The Balaban J connectivity index is 1.53. The Morgan fingerprint density at radius 3 is 2.21 bits per heavy atom. The van der Waals surface area contributed by atoms with E-state index in [1.807, 2.05) is 15.9 Å².